The molecule has 0 radical (unpaired) electrons. The number of benzene rings is 1. The van der Waals surface area contributed by atoms with Gasteiger partial charge in [0.1, 0.15) is 5.82 Å². The van der Waals surface area contributed by atoms with E-state index >= 15 is 0 Å². The standard InChI is InChI=1S/C21H29FN4OS/c1-3-28-21-23-18-14-16(22)4-5-19(18)26(21)17-8-12-25(13-9-17)20(27)15-6-10-24(2)11-7-15/h4-5,14-15,17H,3,6-13H2,1-2H3. The normalized spacial score (nSPS) is 20.2. The Morgan fingerprint density at radius 3 is 2.57 bits per heavy atom. The highest BCUT2D eigenvalue weighted by atomic mass is 32.2. The van der Waals surface area contributed by atoms with Crippen LogP contribution in [0.2, 0.25) is 0 Å². The molecule has 0 bridgehead atoms. The molecule has 0 saturated carbocycles. The number of amides is 1. The molecule has 0 atom stereocenters. The van der Waals surface area contributed by atoms with Crippen LogP contribution in [0.3, 0.4) is 0 Å². The molecule has 7 heteroatoms. The number of piperidine rings is 2. The van der Waals surface area contributed by atoms with Gasteiger partial charge >= 0.3 is 0 Å². The molecule has 0 N–H and O–H groups in total. The van der Waals surface area contributed by atoms with Crippen LogP contribution in [0.25, 0.3) is 11.0 Å². The van der Waals surface area contributed by atoms with E-state index in [-0.39, 0.29) is 11.7 Å². The number of likely N-dealkylation sites (tertiary alicyclic amines) is 2. The summed E-state index contributed by atoms with van der Waals surface area (Å²) in [4.78, 5) is 22.0. The summed E-state index contributed by atoms with van der Waals surface area (Å²) in [5.41, 5.74) is 1.72. The van der Waals surface area contributed by atoms with Crippen molar-refractivity contribution in [3.8, 4) is 0 Å². The van der Waals surface area contributed by atoms with Crippen molar-refractivity contribution < 1.29 is 9.18 Å². The van der Waals surface area contributed by atoms with Gasteiger partial charge in [0.15, 0.2) is 5.16 Å². The van der Waals surface area contributed by atoms with Crippen LogP contribution in [0.15, 0.2) is 23.4 Å². The summed E-state index contributed by atoms with van der Waals surface area (Å²) >= 11 is 1.70. The van der Waals surface area contributed by atoms with Crippen molar-refractivity contribution in [3.05, 3.63) is 24.0 Å². The quantitative estimate of drug-likeness (QED) is 0.727. The number of carbonyl (C=O) groups is 1. The molecule has 2 aromatic rings. The van der Waals surface area contributed by atoms with Crippen molar-refractivity contribution in [1.29, 1.82) is 0 Å². The van der Waals surface area contributed by atoms with Crippen LogP contribution in [0.4, 0.5) is 4.39 Å². The summed E-state index contributed by atoms with van der Waals surface area (Å²) in [5, 5.41) is 0.961. The third-order valence-electron chi connectivity index (χ3n) is 6.10. The Bertz CT molecular complexity index is 838. The number of nitrogens with zero attached hydrogens (tertiary/aromatic N) is 4. The first kappa shape index (κ1) is 19.7. The van der Waals surface area contributed by atoms with Gasteiger partial charge in [-0.1, -0.05) is 18.7 Å². The van der Waals surface area contributed by atoms with Crippen LogP contribution in [0.5, 0.6) is 0 Å². The van der Waals surface area contributed by atoms with Gasteiger partial charge in [-0.3, -0.25) is 4.79 Å². The highest BCUT2D eigenvalue weighted by Crippen LogP contribution is 2.34. The number of aromatic nitrogens is 2. The number of rotatable bonds is 4. The van der Waals surface area contributed by atoms with Gasteiger partial charge in [0.2, 0.25) is 5.91 Å². The van der Waals surface area contributed by atoms with Gasteiger partial charge in [0, 0.05) is 31.1 Å². The van der Waals surface area contributed by atoms with Crippen LogP contribution >= 0.6 is 11.8 Å². The molecule has 4 rings (SSSR count). The van der Waals surface area contributed by atoms with E-state index in [1.54, 1.807) is 11.8 Å². The summed E-state index contributed by atoms with van der Waals surface area (Å²) < 4.78 is 15.9. The Kier molecular flexibility index (Phi) is 5.92. The second kappa shape index (κ2) is 8.41. The predicted molar refractivity (Wildman–Crippen MR) is 111 cm³/mol. The largest absolute Gasteiger partial charge is 0.342 e. The molecule has 2 aliphatic heterocycles. The van der Waals surface area contributed by atoms with Crippen molar-refractivity contribution in [1.82, 2.24) is 19.4 Å². The molecule has 152 valence electrons. The van der Waals surface area contributed by atoms with E-state index in [9.17, 15) is 9.18 Å². The first-order valence-electron chi connectivity index (χ1n) is 10.3. The average Bonchev–Trinajstić information content (AvgIpc) is 3.05. The Morgan fingerprint density at radius 1 is 1.18 bits per heavy atom. The zero-order valence-electron chi connectivity index (χ0n) is 16.7. The zero-order valence-corrected chi connectivity index (χ0v) is 17.6. The fraction of sp³-hybridized carbons (Fsp3) is 0.619. The third-order valence-corrected chi connectivity index (χ3v) is 6.94. The first-order valence-corrected chi connectivity index (χ1v) is 11.3. The van der Waals surface area contributed by atoms with Crippen LogP contribution in [0.1, 0.15) is 38.6 Å². The minimum atomic E-state index is -0.247. The maximum absolute atomic E-state index is 13.6. The molecule has 2 saturated heterocycles. The highest BCUT2D eigenvalue weighted by Gasteiger charge is 2.31. The monoisotopic (exact) mass is 404 g/mol. The third kappa shape index (κ3) is 3.92. The number of carbonyl (C=O) groups excluding carboxylic acids is 1. The lowest BCUT2D eigenvalue weighted by atomic mass is 9.94. The van der Waals surface area contributed by atoms with Crippen LogP contribution in [-0.2, 0) is 4.79 Å². The number of fused-ring (bicyclic) bond motifs is 1. The van der Waals surface area contributed by atoms with Crippen molar-refractivity contribution in [3.63, 3.8) is 0 Å². The molecule has 0 spiro atoms. The molecule has 0 unspecified atom stereocenters. The van der Waals surface area contributed by atoms with Crippen LogP contribution in [0, 0.1) is 11.7 Å². The number of hydrogen-bond acceptors (Lipinski definition) is 4. The van der Waals surface area contributed by atoms with Gasteiger partial charge in [-0.25, -0.2) is 9.37 Å². The van der Waals surface area contributed by atoms with Crippen molar-refractivity contribution >= 4 is 28.7 Å². The van der Waals surface area contributed by atoms with E-state index in [2.05, 4.69) is 33.3 Å². The van der Waals surface area contributed by atoms with Crippen molar-refractivity contribution in [2.24, 2.45) is 5.92 Å². The second-order valence-corrected chi connectivity index (χ2v) is 9.20. The van der Waals surface area contributed by atoms with Gasteiger partial charge < -0.3 is 14.4 Å². The lowest BCUT2D eigenvalue weighted by Crippen LogP contribution is -2.45. The van der Waals surface area contributed by atoms with E-state index in [4.69, 9.17) is 0 Å². The van der Waals surface area contributed by atoms with Gasteiger partial charge in [0.05, 0.1) is 11.0 Å². The van der Waals surface area contributed by atoms with E-state index < -0.39 is 0 Å². The minimum Gasteiger partial charge on any atom is -0.342 e. The number of hydrogen-bond donors (Lipinski definition) is 0. The summed E-state index contributed by atoms with van der Waals surface area (Å²) in [5.74, 6) is 1.21. The van der Waals surface area contributed by atoms with Gasteiger partial charge in [0.25, 0.3) is 0 Å². The lowest BCUT2D eigenvalue weighted by Gasteiger charge is -2.37. The zero-order chi connectivity index (χ0) is 19.7. The molecule has 2 fully saturated rings. The molecule has 28 heavy (non-hydrogen) atoms. The molecule has 3 heterocycles. The second-order valence-electron chi connectivity index (χ2n) is 7.96. The molecule has 1 aromatic carbocycles. The molecular weight excluding hydrogens is 375 g/mol. The highest BCUT2D eigenvalue weighted by molar-refractivity contribution is 7.99. The van der Waals surface area contributed by atoms with Crippen LogP contribution in [-0.4, -0.2) is 64.2 Å². The molecule has 0 aliphatic carbocycles. The van der Waals surface area contributed by atoms with Crippen molar-refractivity contribution in [2.45, 2.75) is 43.8 Å². The summed E-state index contributed by atoms with van der Waals surface area (Å²) in [6.45, 7) is 5.74. The van der Waals surface area contributed by atoms with E-state index in [1.807, 2.05) is 6.07 Å². The first-order chi connectivity index (χ1) is 13.6. The number of thioether (sulfide) groups is 1. The topological polar surface area (TPSA) is 41.4 Å². The molecule has 1 amide bonds. The molecule has 1 aromatic heterocycles. The number of halogens is 1. The summed E-state index contributed by atoms with van der Waals surface area (Å²) in [6, 6.07) is 5.18. The van der Waals surface area contributed by atoms with E-state index in [0.29, 0.717) is 11.9 Å². The van der Waals surface area contributed by atoms with Crippen molar-refractivity contribution in [2.75, 3.05) is 39.0 Å². The maximum Gasteiger partial charge on any atom is 0.225 e. The number of imidazole rings is 1. The fourth-order valence-corrected chi connectivity index (χ4v) is 5.30. The minimum absolute atomic E-state index is 0.191. The van der Waals surface area contributed by atoms with Gasteiger partial charge in [-0.15, -0.1) is 0 Å². The summed E-state index contributed by atoms with van der Waals surface area (Å²) in [7, 11) is 2.12. The van der Waals surface area contributed by atoms with Gasteiger partial charge in [-0.2, -0.15) is 0 Å². The van der Waals surface area contributed by atoms with E-state index in [1.165, 1.54) is 12.1 Å². The predicted octanol–water partition coefficient (Wildman–Crippen LogP) is 3.79. The molecular formula is C21H29FN4OS. The SMILES string of the molecule is CCSc1nc2cc(F)ccc2n1C1CCN(C(=O)C2CCN(C)CC2)CC1. The average molecular weight is 405 g/mol. The van der Waals surface area contributed by atoms with Crippen LogP contribution < -0.4 is 0 Å². The smallest absolute Gasteiger partial charge is 0.225 e. The summed E-state index contributed by atoms with van der Waals surface area (Å²) in [6.07, 6.45) is 3.81. The Hall–Kier alpha value is -1.60. The Morgan fingerprint density at radius 2 is 1.89 bits per heavy atom. The lowest BCUT2D eigenvalue weighted by molar-refractivity contribution is -0.138. The molecule has 5 nitrogen and oxygen atoms in total. The molecule has 2 aliphatic rings. The van der Waals surface area contributed by atoms with Gasteiger partial charge in [-0.05, 0) is 63.7 Å². The van der Waals surface area contributed by atoms with E-state index in [0.717, 1.165) is 73.8 Å². The fourth-order valence-electron chi connectivity index (χ4n) is 4.49. The Balaban J connectivity index is 1.47. The maximum atomic E-state index is 13.6. The Labute approximate surface area is 170 Å².